The summed E-state index contributed by atoms with van der Waals surface area (Å²) in [5.74, 6) is 0.309. The quantitative estimate of drug-likeness (QED) is 0.495. The first kappa shape index (κ1) is 23.0. The first-order chi connectivity index (χ1) is 16.5. The maximum atomic E-state index is 13.2. The van der Waals surface area contributed by atoms with Crippen molar-refractivity contribution >= 4 is 28.9 Å². The molecule has 0 saturated carbocycles. The molecule has 1 aliphatic rings. The molecule has 0 saturated heterocycles. The minimum Gasteiger partial charge on any atom is -0.493 e. The van der Waals surface area contributed by atoms with E-state index in [2.05, 4.69) is 10.6 Å². The lowest BCUT2D eigenvalue weighted by Gasteiger charge is -2.15. The molecule has 0 aliphatic carbocycles. The van der Waals surface area contributed by atoms with Gasteiger partial charge in [-0.1, -0.05) is 42.5 Å². The van der Waals surface area contributed by atoms with E-state index < -0.39 is 5.92 Å². The predicted octanol–water partition coefficient (Wildman–Crippen LogP) is 4.24. The van der Waals surface area contributed by atoms with Gasteiger partial charge in [0.05, 0.1) is 25.6 Å². The van der Waals surface area contributed by atoms with Crippen LogP contribution in [0.25, 0.3) is 0 Å². The normalized spacial score (nSPS) is 14.9. The van der Waals surface area contributed by atoms with Gasteiger partial charge >= 0.3 is 0 Å². The molecule has 2 N–H and O–H groups in total. The van der Waals surface area contributed by atoms with E-state index in [0.717, 1.165) is 28.8 Å². The molecule has 0 radical (unpaired) electrons. The van der Waals surface area contributed by atoms with Crippen molar-refractivity contribution in [2.24, 2.45) is 4.99 Å². The fraction of sp³-hybridized carbons (Fsp3) is 0.222. The number of aliphatic imine (C=N–C) groups is 1. The summed E-state index contributed by atoms with van der Waals surface area (Å²) in [6.07, 6.45) is 0.731. The molecule has 4 rings (SSSR count). The van der Waals surface area contributed by atoms with Crippen LogP contribution in [0.15, 0.2) is 71.7 Å². The van der Waals surface area contributed by atoms with Gasteiger partial charge in [0.15, 0.2) is 11.5 Å². The predicted molar refractivity (Wildman–Crippen MR) is 132 cm³/mol. The lowest BCUT2D eigenvalue weighted by Crippen LogP contribution is -2.22. The molecule has 0 bridgehead atoms. The molecule has 0 spiro atoms. The van der Waals surface area contributed by atoms with Crippen LogP contribution >= 0.6 is 0 Å². The third-order valence-electron chi connectivity index (χ3n) is 5.70. The largest absolute Gasteiger partial charge is 0.493 e. The van der Waals surface area contributed by atoms with Crippen LogP contribution in [0, 0.1) is 0 Å². The summed E-state index contributed by atoms with van der Waals surface area (Å²) in [5, 5.41) is 5.76. The molecule has 7 heteroatoms. The molecular formula is C27H27N3O4. The maximum Gasteiger partial charge on any atom is 0.238 e. The summed E-state index contributed by atoms with van der Waals surface area (Å²) >= 11 is 0. The van der Waals surface area contributed by atoms with E-state index in [1.807, 2.05) is 60.7 Å². The number of ether oxygens (including phenoxy) is 2. The third kappa shape index (κ3) is 4.93. The molecule has 0 aromatic heterocycles. The van der Waals surface area contributed by atoms with Gasteiger partial charge in [-0.05, 0) is 41.3 Å². The Labute approximate surface area is 198 Å². The number of rotatable bonds is 8. The highest BCUT2D eigenvalue weighted by Gasteiger charge is 2.36. The lowest BCUT2D eigenvalue weighted by atomic mass is 9.90. The van der Waals surface area contributed by atoms with Gasteiger partial charge in [-0.15, -0.1) is 0 Å². The van der Waals surface area contributed by atoms with E-state index >= 15 is 0 Å². The second-order valence-corrected chi connectivity index (χ2v) is 7.98. The molecule has 34 heavy (non-hydrogen) atoms. The van der Waals surface area contributed by atoms with Crippen molar-refractivity contribution in [1.82, 2.24) is 5.32 Å². The van der Waals surface area contributed by atoms with Crippen LogP contribution in [0.3, 0.4) is 0 Å². The van der Waals surface area contributed by atoms with Gasteiger partial charge in [-0.3, -0.25) is 14.6 Å². The zero-order chi connectivity index (χ0) is 24.1. The van der Waals surface area contributed by atoms with Crippen molar-refractivity contribution in [1.29, 1.82) is 0 Å². The molecule has 3 aromatic rings. The van der Waals surface area contributed by atoms with E-state index in [9.17, 15) is 9.59 Å². The van der Waals surface area contributed by atoms with Gasteiger partial charge in [0, 0.05) is 25.2 Å². The fourth-order valence-electron chi connectivity index (χ4n) is 4.02. The van der Waals surface area contributed by atoms with Crippen molar-refractivity contribution in [3.05, 3.63) is 83.4 Å². The third-order valence-corrected chi connectivity index (χ3v) is 5.70. The van der Waals surface area contributed by atoms with Crippen molar-refractivity contribution in [3.8, 4) is 11.5 Å². The van der Waals surface area contributed by atoms with Gasteiger partial charge < -0.3 is 20.1 Å². The van der Waals surface area contributed by atoms with E-state index in [1.54, 1.807) is 20.3 Å². The van der Waals surface area contributed by atoms with Gasteiger partial charge in [0.25, 0.3) is 0 Å². The SMILES string of the molecule is COc1cc2c(cc1OC)C(C(=Nc1ccc(CCNC(C)=O)cc1)c1ccccc1)C(=O)N2. The maximum absolute atomic E-state index is 13.2. The second-order valence-electron chi connectivity index (χ2n) is 7.98. The van der Waals surface area contributed by atoms with Crippen molar-refractivity contribution in [2.75, 3.05) is 26.1 Å². The van der Waals surface area contributed by atoms with Gasteiger partial charge in [-0.25, -0.2) is 0 Å². The Morgan fingerprint density at radius 3 is 2.32 bits per heavy atom. The molecule has 1 aliphatic heterocycles. The van der Waals surface area contributed by atoms with Crippen LogP contribution in [0.4, 0.5) is 11.4 Å². The highest BCUT2D eigenvalue weighted by atomic mass is 16.5. The molecule has 2 amide bonds. The number of carbonyl (C=O) groups excluding carboxylic acids is 2. The fourth-order valence-corrected chi connectivity index (χ4v) is 4.02. The van der Waals surface area contributed by atoms with Crippen LogP contribution in [0.1, 0.15) is 29.5 Å². The smallest absolute Gasteiger partial charge is 0.238 e. The van der Waals surface area contributed by atoms with E-state index in [-0.39, 0.29) is 11.8 Å². The summed E-state index contributed by atoms with van der Waals surface area (Å²) < 4.78 is 10.9. The average molecular weight is 458 g/mol. The Balaban J connectivity index is 1.72. The molecule has 1 unspecified atom stereocenters. The summed E-state index contributed by atoms with van der Waals surface area (Å²) in [7, 11) is 3.14. The molecule has 1 heterocycles. The van der Waals surface area contributed by atoms with E-state index in [0.29, 0.717) is 29.4 Å². The zero-order valence-corrected chi connectivity index (χ0v) is 19.4. The summed E-state index contributed by atoms with van der Waals surface area (Å²) in [6, 6.07) is 21.1. The van der Waals surface area contributed by atoms with Gasteiger partial charge in [0.2, 0.25) is 11.8 Å². The lowest BCUT2D eigenvalue weighted by molar-refractivity contribution is -0.119. The van der Waals surface area contributed by atoms with Crippen molar-refractivity contribution < 1.29 is 19.1 Å². The summed E-state index contributed by atoms with van der Waals surface area (Å²) in [6.45, 7) is 2.09. The highest BCUT2D eigenvalue weighted by Crippen LogP contribution is 2.42. The number of amides is 2. The number of anilines is 1. The first-order valence-corrected chi connectivity index (χ1v) is 11.0. The van der Waals surface area contributed by atoms with Crippen LogP contribution in [0.5, 0.6) is 11.5 Å². The monoisotopic (exact) mass is 457 g/mol. The Hall–Kier alpha value is -4.13. The number of fused-ring (bicyclic) bond motifs is 1. The van der Waals surface area contributed by atoms with Gasteiger partial charge in [0.1, 0.15) is 5.92 Å². The van der Waals surface area contributed by atoms with Crippen LogP contribution < -0.4 is 20.1 Å². The Morgan fingerprint density at radius 1 is 1.00 bits per heavy atom. The Morgan fingerprint density at radius 2 is 1.68 bits per heavy atom. The molecule has 174 valence electrons. The number of hydrogen-bond donors (Lipinski definition) is 2. The summed E-state index contributed by atoms with van der Waals surface area (Å²) in [4.78, 5) is 29.2. The summed E-state index contributed by atoms with van der Waals surface area (Å²) in [5.41, 5.74) is 4.82. The van der Waals surface area contributed by atoms with Crippen LogP contribution in [0.2, 0.25) is 0 Å². The Kier molecular flexibility index (Phi) is 6.92. The molecule has 0 fully saturated rings. The standard InChI is InChI=1S/C27H27N3O4/c1-17(31)28-14-13-18-9-11-20(12-10-18)29-26(19-7-5-4-6-8-19)25-21-15-23(33-2)24(34-3)16-22(21)30-27(25)32/h4-12,15-16,25H,13-14H2,1-3H3,(H,28,31)(H,30,32). The first-order valence-electron chi connectivity index (χ1n) is 11.0. The molecule has 3 aromatic carbocycles. The minimum atomic E-state index is -0.600. The number of carbonyl (C=O) groups is 2. The molecular weight excluding hydrogens is 430 g/mol. The molecule has 7 nitrogen and oxygen atoms in total. The van der Waals surface area contributed by atoms with Crippen LogP contribution in [-0.2, 0) is 16.0 Å². The Bertz CT molecular complexity index is 1220. The van der Waals surface area contributed by atoms with Crippen molar-refractivity contribution in [3.63, 3.8) is 0 Å². The van der Waals surface area contributed by atoms with Crippen molar-refractivity contribution in [2.45, 2.75) is 19.3 Å². The minimum absolute atomic E-state index is 0.0434. The number of hydrogen-bond acceptors (Lipinski definition) is 5. The number of nitrogens with one attached hydrogen (secondary N) is 2. The number of nitrogens with zero attached hydrogens (tertiary/aromatic N) is 1. The number of methoxy groups -OCH3 is 2. The topological polar surface area (TPSA) is 89.0 Å². The zero-order valence-electron chi connectivity index (χ0n) is 19.4. The second kappa shape index (κ2) is 10.2. The molecule has 1 atom stereocenters. The number of benzene rings is 3. The van der Waals surface area contributed by atoms with Crippen LogP contribution in [-0.4, -0.2) is 38.3 Å². The average Bonchev–Trinajstić information content (AvgIpc) is 3.17. The van der Waals surface area contributed by atoms with E-state index in [1.165, 1.54) is 6.92 Å². The van der Waals surface area contributed by atoms with Gasteiger partial charge in [-0.2, -0.15) is 0 Å². The van der Waals surface area contributed by atoms with E-state index in [4.69, 9.17) is 14.5 Å². The highest BCUT2D eigenvalue weighted by molar-refractivity contribution is 6.24.